The van der Waals surface area contributed by atoms with Gasteiger partial charge in [-0.3, -0.25) is 9.69 Å². The van der Waals surface area contributed by atoms with Crippen LogP contribution in [0.4, 0.5) is 0 Å². The molecular weight excluding hydrogens is 234 g/mol. The van der Waals surface area contributed by atoms with Crippen molar-refractivity contribution in [3.05, 3.63) is 35.4 Å². The van der Waals surface area contributed by atoms with Gasteiger partial charge < -0.3 is 15.3 Å². The van der Waals surface area contributed by atoms with Crippen LogP contribution in [0.1, 0.15) is 11.1 Å². The van der Waals surface area contributed by atoms with E-state index < -0.39 is 18.2 Å². The third kappa shape index (κ3) is 3.07. The third-order valence-electron chi connectivity index (χ3n) is 3.19. The molecule has 2 rings (SSSR count). The van der Waals surface area contributed by atoms with Gasteiger partial charge >= 0.3 is 5.97 Å². The number of aliphatic hydroxyl groups excluding tert-OH is 2. The normalized spacial score (nSPS) is 24.3. The highest BCUT2D eigenvalue weighted by Crippen LogP contribution is 2.17. The number of likely N-dealkylation sites (tertiary alicyclic amines) is 1. The molecule has 18 heavy (non-hydrogen) atoms. The highest BCUT2D eigenvalue weighted by atomic mass is 16.4. The average molecular weight is 251 g/mol. The van der Waals surface area contributed by atoms with Crippen LogP contribution >= 0.6 is 0 Å². The number of aliphatic carboxylic acids is 1. The second kappa shape index (κ2) is 5.48. The van der Waals surface area contributed by atoms with Gasteiger partial charge in [0, 0.05) is 19.6 Å². The maximum absolute atomic E-state index is 10.8. The zero-order chi connectivity index (χ0) is 13.1. The number of carbonyl (C=O) groups is 1. The van der Waals surface area contributed by atoms with Gasteiger partial charge in [0.15, 0.2) is 0 Å². The number of β-amino-alcohol motifs (C(OH)–C–C–N with tert-alkyl or cyclic N) is 2. The van der Waals surface area contributed by atoms with Gasteiger partial charge in [0.1, 0.15) is 0 Å². The molecule has 0 spiro atoms. The van der Waals surface area contributed by atoms with Gasteiger partial charge in [-0.2, -0.15) is 0 Å². The first-order valence-corrected chi connectivity index (χ1v) is 5.93. The zero-order valence-electron chi connectivity index (χ0n) is 9.99. The van der Waals surface area contributed by atoms with Crippen LogP contribution in [0.2, 0.25) is 0 Å². The van der Waals surface area contributed by atoms with Gasteiger partial charge in [0.25, 0.3) is 0 Å². The highest BCUT2D eigenvalue weighted by Gasteiger charge is 2.29. The number of carboxylic acid groups (broad SMARTS) is 1. The molecule has 1 heterocycles. The molecule has 0 bridgehead atoms. The Morgan fingerprint density at radius 2 is 1.72 bits per heavy atom. The van der Waals surface area contributed by atoms with Gasteiger partial charge in [0.05, 0.1) is 18.6 Å². The average Bonchev–Trinajstić information content (AvgIpc) is 2.60. The largest absolute Gasteiger partial charge is 0.481 e. The molecule has 0 aromatic heterocycles. The predicted octanol–water partition coefficient (Wildman–Crippen LogP) is -0.149. The van der Waals surface area contributed by atoms with Crippen LogP contribution in [0.25, 0.3) is 0 Å². The Morgan fingerprint density at radius 1 is 1.17 bits per heavy atom. The minimum absolute atomic E-state index is 0.00484. The summed E-state index contributed by atoms with van der Waals surface area (Å²) in [4.78, 5) is 12.7. The van der Waals surface area contributed by atoms with Gasteiger partial charge in [-0.15, -0.1) is 0 Å². The van der Waals surface area contributed by atoms with Crippen molar-refractivity contribution in [3.8, 4) is 0 Å². The number of carboxylic acids is 1. The van der Waals surface area contributed by atoms with Gasteiger partial charge in [0.2, 0.25) is 0 Å². The molecule has 1 aromatic carbocycles. The molecule has 1 aromatic rings. The van der Waals surface area contributed by atoms with E-state index in [0.29, 0.717) is 19.6 Å². The highest BCUT2D eigenvalue weighted by molar-refractivity contribution is 5.70. The van der Waals surface area contributed by atoms with Crippen LogP contribution in [0.3, 0.4) is 0 Å². The summed E-state index contributed by atoms with van der Waals surface area (Å²) in [5.41, 5.74) is 1.71. The van der Waals surface area contributed by atoms with E-state index in [1.807, 2.05) is 23.1 Å². The molecule has 5 nitrogen and oxygen atoms in total. The molecule has 5 heteroatoms. The molecule has 0 saturated carbocycles. The second-order valence-electron chi connectivity index (χ2n) is 4.67. The summed E-state index contributed by atoms with van der Waals surface area (Å²) < 4.78 is 0. The second-order valence-corrected chi connectivity index (χ2v) is 4.67. The molecule has 3 N–H and O–H groups in total. The molecule has 0 unspecified atom stereocenters. The predicted molar refractivity (Wildman–Crippen MR) is 65.1 cm³/mol. The Kier molecular flexibility index (Phi) is 3.96. The van der Waals surface area contributed by atoms with Crippen molar-refractivity contribution in [2.24, 2.45) is 0 Å². The van der Waals surface area contributed by atoms with E-state index in [4.69, 9.17) is 5.11 Å². The lowest BCUT2D eigenvalue weighted by atomic mass is 10.0. The number of hydrogen-bond acceptors (Lipinski definition) is 4. The summed E-state index contributed by atoms with van der Waals surface area (Å²) in [5, 5.41) is 27.8. The van der Waals surface area contributed by atoms with Crippen molar-refractivity contribution in [3.63, 3.8) is 0 Å². The van der Waals surface area contributed by atoms with Crippen molar-refractivity contribution in [2.45, 2.75) is 25.2 Å². The number of hydrogen-bond donors (Lipinski definition) is 3. The Labute approximate surface area is 105 Å². The van der Waals surface area contributed by atoms with E-state index in [9.17, 15) is 15.0 Å². The third-order valence-corrected chi connectivity index (χ3v) is 3.19. The molecule has 0 aliphatic carbocycles. The summed E-state index contributed by atoms with van der Waals surface area (Å²) in [7, 11) is 0. The standard InChI is InChI=1S/C13H17NO4/c15-11-7-14(8-12(11)16)6-10-4-2-1-3-9(10)5-13(17)18/h1-4,11-12,15-16H,5-8H2,(H,17,18)/t11-,12+. The summed E-state index contributed by atoms with van der Waals surface area (Å²) in [5.74, 6) is -0.857. The summed E-state index contributed by atoms with van der Waals surface area (Å²) in [6, 6.07) is 7.36. The molecule has 98 valence electrons. The molecule has 2 atom stereocenters. The monoisotopic (exact) mass is 251 g/mol. The number of rotatable bonds is 4. The smallest absolute Gasteiger partial charge is 0.307 e. The maximum atomic E-state index is 10.8. The fraction of sp³-hybridized carbons (Fsp3) is 0.462. The number of nitrogens with zero attached hydrogens (tertiary/aromatic N) is 1. The van der Waals surface area contributed by atoms with Crippen molar-refractivity contribution in [2.75, 3.05) is 13.1 Å². The molecule has 1 aliphatic heterocycles. The van der Waals surface area contributed by atoms with Crippen LogP contribution in [0, 0.1) is 0 Å². The van der Waals surface area contributed by atoms with Crippen molar-refractivity contribution >= 4 is 5.97 Å². The summed E-state index contributed by atoms with van der Waals surface area (Å²) in [6.45, 7) is 1.39. The summed E-state index contributed by atoms with van der Waals surface area (Å²) >= 11 is 0. The Morgan fingerprint density at radius 3 is 2.28 bits per heavy atom. The zero-order valence-corrected chi connectivity index (χ0v) is 9.99. The van der Waals surface area contributed by atoms with E-state index in [2.05, 4.69) is 0 Å². The first kappa shape index (κ1) is 13.0. The van der Waals surface area contributed by atoms with E-state index in [-0.39, 0.29) is 6.42 Å². The fourth-order valence-electron chi connectivity index (χ4n) is 2.26. The minimum atomic E-state index is -0.857. The lowest BCUT2D eigenvalue weighted by Gasteiger charge is -2.16. The minimum Gasteiger partial charge on any atom is -0.481 e. The van der Waals surface area contributed by atoms with Crippen LogP contribution in [-0.2, 0) is 17.8 Å². The van der Waals surface area contributed by atoms with Crippen molar-refractivity contribution in [1.29, 1.82) is 0 Å². The molecule has 1 aliphatic rings. The van der Waals surface area contributed by atoms with E-state index in [1.54, 1.807) is 6.07 Å². The number of benzene rings is 1. The summed E-state index contributed by atoms with van der Waals surface area (Å²) in [6.07, 6.45) is -1.43. The van der Waals surface area contributed by atoms with Crippen LogP contribution in [0.15, 0.2) is 24.3 Å². The lowest BCUT2D eigenvalue weighted by Crippen LogP contribution is -2.22. The Bertz CT molecular complexity index is 425. The van der Waals surface area contributed by atoms with E-state index in [0.717, 1.165) is 11.1 Å². The van der Waals surface area contributed by atoms with Gasteiger partial charge in [-0.1, -0.05) is 24.3 Å². The molecule has 1 fully saturated rings. The molecule has 0 amide bonds. The first-order valence-electron chi connectivity index (χ1n) is 5.93. The van der Waals surface area contributed by atoms with Crippen LogP contribution in [0.5, 0.6) is 0 Å². The van der Waals surface area contributed by atoms with Crippen LogP contribution in [-0.4, -0.2) is 51.5 Å². The van der Waals surface area contributed by atoms with Gasteiger partial charge in [-0.05, 0) is 11.1 Å². The topological polar surface area (TPSA) is 81.0 Å². The Balaban J connectivity index is 2.07. The number of aliphatic hydroxyl groups is 2. The van der Waals surface area contributed by atoms with Crippen molar-refractivity contribution in [1.82, 2.24) is 4.90 Å². The van der Waals surface area contributed by atoms with Crippen molar-refractivity contribution < 1.29 is 20.1 Å². The van der Waals surface area contributed by atoms with E-state index >= 15 is 0 Å². The molecule has 1 saturated heterocycles. The van der Waals surface area contributed by atoms with E-state index in [1.165, 1.54) is 0 Å². The van der Waals surface area contributed by atoms with Crippen LogP contribution < -0.4 is 0 Å². The maximum Gasteiger partial charge on any atom is 0.307 e. The Hall–Kier alpha value is -1.43. The fourth-order valence-corrected chi connectivity index (χ4v) is 2.26. The lowest BCUT2D eigenvalue weighted by molar-refractivity contribution is -0.136. The van der Waals surface area contributed by atoms with Gasteiger partial charge in [-0.25, -0.2) is 0 Å². The quantitative estimate of drug-likeness (QED) is 0.693. The SMILES string of the molecule is O=C(O)Cc1ccccc1CN1C[C@@H](O)[C@@H](O)C1. The molecular formula is C13H17NO4. The first-order chi connectivity index (χ1) is 8.56. The molecule has 0 radical (unpaired) electrons.